The van der Waals surface area contributed by atoms with Crippen molar-refractivity contribution in [2.75, 3.05) is 7.11 Å². The number of ether oxygens (including phenoxy) is 1. The van der Waals surface area contributed by atoms with Gasteiger partial charge in [0.05, 0.1) is 24.7 Å². The van der Waals surface area contributed by atoms with Gasteiger partial charge < -0.3 is 19.5 Å². The lowest BCUT2D eigenvalue weighted by atomic mass is 10.1. The Labute approximate surface area is 143 Å². The van der Waals surface area contributed by atoms with E-state index in [0.29, 0.717) is 29.5 Å². The Morgan fingerprint density at radius 1 is 1.28 bits per heavy atom. The number of carbonyl (C=O) groups is 1. The van der Waals surface area contributed by atoms with Crippen molar-refractivity contribution in [3.05, 3.63) is 59.6 Å². The molecule has 0 unspecified atom stereocenters. The lowest BCUT2D eigenvalue weighted by molar-refractivity contribution is 0.0923. The van der Waals surface area contributed by atoms with Gasteiger partial charge >= 0.3 is 0 Å². The Morgan fingerprint density at radius 2 is 2.12 bits per heavy atom. The van der Waals surface area contributed by atoms with Gasteiger partial charge in [0.25, 0.3) is 5.91 Å². The molecule has 126 valence electrons. The minimum absolute atomic E-state index is 0.270. The van der Waals surface area contributed by atoms with E-state index in [2.05, 4.69) is 15.3 Å². The highest BCUT2D eigenvalue weighted by Crippen LogP contribution is 2.28. The third kappa shape index (κ3) is 2.71. The average molecular weight is 335 g/mol. The predicted molar refractivity (Wildman–Crippen MR) is 94.8 cm³/mol. The van der Waals surface area contributed by atoms with Gasteiger partial charge in [0.2, 0.25) is 0 Å². The quantitative estimate of drug-likeness (QED) is 0.597. The van der Waals surface area contributed by atoms with Crippen LogP contribution in [0.3, 0.4) is 0 Å². The Bertz CT molecular complexity index is 1050. The molecule has 25 heavy (non-hydrogen) atoms. The van der Waals surface area contributed by atoms with Crippen LogP contribution in [0.25, 0.3) is 22.0 Å². The van der Waals surface area contributed by atoms with Crippen molar-refractivity contribution in [3.8, 4) is 5.75 Å². The first-order valence-corrected chi connectivity index (χ1v) is 7.94. The van der Waals surface area contributed by atoms with Gasteiger partial charge in [-0.3, -0.25) is 4.79 Å². The number of fused-ring (bicyclic) bond motifs is 2. The smallest absolute Gasteiger partial charge is 0.287 e. The topological polar surface area (TPSA) is 80.1 Å². The van der Waals surface area contributed by atoms with Gasteiger partial charge in [-0.15, -0.1) is 0 Å². The van der Waals surface area contributed by atoms with Crippen LogP contribution in [0.2, 0.25) is 0 Å². The van der Waals surface area contributed by atoms with Crippen molar-refractivity contribution in [3.63, 3.8) is 0 Å². The number of amides is 1. The first-order chi connectivity index (χ1) is 12.2. The summed E-state index contributed by atoms with van der Waals surface area (Å²) in [4.78, 5) is 20.1. The Kier molecular flexibility index (Phi) is 3.65. The molecular formula is C19H17N3O3. The number of rotatable bonds is 4. The molecule has 1 amide bonds. The van der Waals surface area contributed by atoms with Crippen LogP contribution in [0.5, 0.6) is 5.75 Å². The second kappa shape index (κ2) is 5.98. The molecule has 0 aliphatic carbocycles. The Morgan fingerprint density at radius 3 is 2.92 bits per heavy atom. The zero-order valence-corrected chi connectivity index (χ0v) is 13.9. The maximum absolute atomic E-state index is 12.5. The number of aromatic nitrogens is 2. The number of nitrogens with one attached hydrogen (secondary N) is 2. The number of benzene rings is 2. The van der Waals surface area contributed by atoms with Crippen molar-refractivity contribution < 1.29 is 13.9 Å². The third-order valence-corrected chi connectivity index (χ3v) is 4.21. The minimum atomic E-state index is -0.270. The van der Waals surface area contributed by atoms with Crippen LogP contribution >= 0.6 is 0 Å². The van der Waals surface area contributed by atoms with E-state index >= 15 is 0 Å². The van der Waals surface area contributed by atoms with Gasteiger partial charge in [0.1, 0.15) is 17.2 Å². The lowest BCUT2D eigenvalue weighted by Crippen LogP contribution is -2.23. The van der Waals surface area contributed by atoms with Gasteiger partial charge in [0, 0.05) is 17.0 Å². The molecule has 0 saturated heterocycles. The summed E-state index contributed by atoms with van der Waals surface area (Å²) in [6.45, 7) is 2.17. The van der Waals surface area contributed by atoms with Crippen molar-refractivity contribution in [1.82, 2.24) is 15.3 Å². The van der Waals surface area contributed by atoms with E-state index in [4.69, 9.17) is 9.15 Å². The van der Waals surface area contributed by atoms with Crippen LogP contribution in [-0.2, 0) is 6.54 Å². The van der Waals surface area contributed by atoms with Crippen LogP contribution in [0, 0.1) is 6.92 Å². The number of H-pyrrole nitrogens is 1. The minimum Gasteiger partial charge on any atom is -0.497 e. The first-order valence-electron chi connectivity index (χ1n) is 7.94. The SMILES string of the molecule is COc1ccc2c(C)c(C(=O)NCc3nc4ccccc4[nH]3)oc2c1. The summed E-state index contributed by atoms with van der Waals surface area (Å²) in [6.07, 6.45) is 0. The lowest BCUT2D eigenvalue weighted by Gasteiger charge is -2.01. The number of carbonyl (C=O) groups excluding carboxylic acids is 1. The molecule has 2 heterocycles. The second-order valence-electron chi connectivity index (χ2n) is 5.80. The van der Waals surface area contributed by atoms with Crippen LogP contribution < -0.4 is 10.1 Å². The highest BCUT2D eigenvalue weighted by atomic mass is 16.5. The number of hydrogen-bond donors (Lipinski definition) is 2. The molecule has 0 atom stereocenters. The fourth-order valence-corrected chi connectivity index (χ4v) is 2.88. The van der Waals surface area contributed by atoms with Crippen molar-refractivity contribution >= 4 is 27.9 Å². The van der Waals surface area contributed by atoms with Crippen molar-refractivity contribution in [2.24, 2.45) is 0 Å². The number of furan rings is 1. The normalized spacial score (nSPS) is 11.1. The van der Waals surface area contributed by atoms with E-state index in [1.54, 1.807) is 13.2 Å². The Hall–Kier alpha value is -3.28. The summed E-state index contributed by atoms with van der Waals surface area (Å²) in [5.74, 6) is 1.42. The van der Waals surface area contributed by atoms with E-state index in [1.807, 2.05) is 43.3 Å². The number of imidazole rings is 1. The van der Waals surface area contributed by atoms with Gasteiger partial charge in [-0.05, 0) is 31.2 Å². The molecule has 2 aromatic carbocycles. The molecule has 6 heteroatoms. The van der Waals surface area contributed by atoms with Crippen molar-refractivity contribution in [2.45, 2.75) is 13.5 Å². The number of methoxy groups -OCH3 is 1. The van der Waals surface area contributed by atoms with Gasteiger partial charge in [-0.1, -0.05) is 12.1 Å². The summed E-state index contributed by atoms with van der Waals surface area (Å²) in [5, 5.41) is 3.75. The number of aromatic amines is 1. The summed E-state index contributed by atoms with van der Waals surface area (Å²) < 4.78 is 10.9. The standard InChI is InChI=1S/C19H17N3O3/c1-11-13-8-7-12(24-2)9-16(13)25-18(11)19(23)20-10-17-21-14-5-3-4-6-15(14)22-17/h3-9H,10H2,1-2H3,(H,20,23)(H,21,22). The summed E-state index contributed by atoms with van der Waals surface area (Å²) in [5.41, 5.74) is 3.25. The zero-order valence-electron chi connectivity index (χ0n) is 13.9. The highest BCUT2D eigenvalue weighted by Gasteiger charge is 2.18. The summed E-state index contributed by atoms with van der Waals surface area (Å²) in [6, 6.07) is 13.3. The highest BCUT2D eigenvalue weighted by molar-refractivity contribution is 5.99. The molecule has 0 radical (unpaired) electrons. The van der Waals surface area contributed by atoms with E-state index < -0.39 is 0 Å². The summed E-state index contributed by atoms with van der Waals surface area (Å²) in [7, 11) is 1.60. The third-order valence-electron chi connectivity index (χ3n) is 4.21. The van der Waals surface area contributed by atoms with Crippen LogP contribution in [0.1, 0.15) is 21.9 Å². The number of nitrogens with zero attached hydrogens (tertiary/aromatic N) is 1. The summed E-state index contributed by atoms with van der Waals surface area (Å²) >= 11 is 0. The van der Waals surface area contributed by atoms with E-state index in [1.165, 1.54) is 0 Å². The molecule has 0 saturated carbocycles. The Balaban J connectivity index is 1.56. The van der Waals surface area contributed by atoms with Gasteiger partial charge in [-0.2, -0.15) is 0 Å². The molecule has 0 bridgehead atoms. The molecule has 4 aromatic rings. The van der Waals surface area contributed by atoms with Gasteiger partial charge in [0.15, 0.2) is 5.76 Å². The maximum Gasteiger partial charge on any atom is 0.287 e. The molecule has 2 N–H and O–H groups in total. The molecule has 0 aliphatic rings. The number of hydrogen-bond acceptors (Lipinski definition) is 4. The van der Waals surface area contributed by atoms with E-state index in [0.717, 1.165) is 22.0 Å². The molecular weight excluding hydrogens is 318 g/mol. The number of para-hydroxylation sites is 2. The van der Waals surface area contributed by atoms with Crippen LogP contribution in [-0.4, -0.2) is 23.0 Å². The number of aryl methyl sites for hydroxylation is 1. The van der Waals surface area contributed by atoms with Crippen molar-refractivity contribution in [1.29, 1.82) is 0 Å². The monoisotopic (exact) mass is 335 g/mol. The zero-order chi connectivity index (χ0) is 17.4. The first kappa shape index (κ1) is 15.3. The van der Waals surface area contributed by atoms with Crippen LogP contribution in [0.15, 0.2) is 46.9 Å². The van der Waals surface area contributed by atoms with E-state index in [9.17, 15) is 4.79 Å². The fourth-order valence-electron chi connectivity index (χ4n) is 2.88. The maximum atomic E-state index is 12.5. The molecule has 0 spiro atoms. The molecule has 0 fully saturated rings. The largest absolute Gasteiger partial charge is 0.497 e. The molecule has 2 aromatic heterocycles. The van der Waals surface area contributed by atoms with Crippen LogP contribution in [0.4, 0.5) is 0 Å². The fraction of sp³-hybridized carbons (Fsp3) is 0.158. The second-order valence-corrected chi connectivity index (χ2v) is 5.80. The predicted octanol–water partition coefficient (Wildman–Crippen LogP) is 3.56. The molecule has 4 rings (SSSR count). The van der Waals surface area contributed by atoms with E-state index in [-0.39, 0.29) is 5.91 Å². The molecule has 0 aliphatic heterocycles. The molecule has 6 nitrogen and oxygen atoms in total. The average Bonchev–Trinajstić information content (AvgIpc) is 3.20. The van der Waals surface area contributed by atoms with Gasteiger partial charge in [-0.25, -0.2) is 4.98 Å².